The number of aromatic nitrogens is 2. The first-order valence-electron chi connectivity index (χ1n) is 6.28. The number of aryl methyl sites for hydroxylation is 1. The molecule has 0 saturated carbocycles. The molecule has 0 bridgehead atoms. The van der Waals surface area contributed by atoms with Crippen molar-refractivity contribution in [3.05, 3.63) is 47.5 Å². The van der Waals surface area contributed by atoms with E-state index in [9.17, 15) is 8.42 Å². The Morgan fingerprint density at radius 2 is 2.00 bits per heavy atom. The van der Waals surface area contributed by atoms with Crippen LogP contribution in [0.3, 0.4) is 0 Å². The molecule has 4 N–H and O–H groups in total. The Kier molecular flexibility index (Phi) is 4.53. The van der Waals surface area contributed by atoms with Gasteiger partial charge in [0.05, 0.1) is 4.90 Å². The van der Waals surface area contributed by atoms with Gasteiger partial charge in [-0.3, -0.25) is 0 Å². The molecule has 0 aliphatic rings. The smallest absolute Gasteiger partial charge is 0.238 e. The van der Waals surface area contributed by atoms with E-state index in [1.807, 2.05) is 13.1 Å². The highest BCUT2D eigenvalue weighted by atomic mass is 32.2. The predicted molar refractivity (Wildman–Crippen MR) is 76.6 cm³/mol. The molecule has 0 saturated heterocycles. The number of H-pyrrole nitrogens is 1. The van der Waals surface area contributed by atoms with Crippen LogP contribution >= 0.6 is 0 Å². The van der Waals surface area contributed by atoms with Crippen molar-refractivity contribution in [3.8, 4) is 0 Å². The van der Waals surface area contributed by atoms with Gasteiger partial charge in [-0.15, -0.1) is 0 Å². The van der Waals surface area contributed by atoms with E-state index in [1.54, 1.807) is 12.1 Å². The molecule has 0 spiro atoms. The van der Waals surface area contributed by atoms with E-state index in [0.29, 0.717) is 0 Å². The third-order valence-corrected chi connectivity index (χ3v) is 3.84. The topological polar surface area (TPSA) is 101 Å². The molecule has 2 aromatic rings. The summed E-state index contributed by atoms with van der Waals surface area (Å²) < 4.78 is 22.2. The number of primary sulfonamides is 1. The van der Waals surface area contributed by atoms with Gasteiger partial charge in [0.25, 0.3) is 0 Å². The van der Waals surface area contributed by atoms with Crippen molar-refractivity contribution < 1.29 is 8.42 Å². The van der Waals surface area contributed by atoms with E-state index in [-0.39, 0.29) is 4.90 Å². The summed E-state index contributed by atoms with van der Waals surface area (Å²) in [6.07, 6.45) is 2.63. The Labute approximate surface area is 118 Å². The van der Waals surface area contributed by atoms with Gasteiger partial charge in [0.2, 0.25) is 10.0 Å². The molecule has 2 rings (SSSR count). The first kappa shape index (κ1) is 14.7. The highest BCUT2D eigenvalue weighted by Crippen LogP contribution is 2.08. The maximum Gasteiger partial charge on any atom is 0.238 e. The lowest BCUT2D eigenvalue weighted by atomic mass is 10.1. The lowest BCUT2D eigenvalue weighted by Crippen LogP contribution is -2.17. The van der Waals surface area contributed by atoms with Crippen molar-refractivity contribution in [2.24, 2.45) is 5.14 Å². The molecule has 0 radical (unpaired) electrons. The van der Waals surface area contributed by atoms with Crippen molar-refractivity contribution in [1.29, 1.82) is 0 Å². The third kappa shape index (κ3) is 4.16. The summed E-state index contributed by atoms with van der Waals surface area (Å²) in [5.41, 5.74) is 2.11. The molecule has 6 nitrogen and oxygen atoms in total. The number of hydrogen-bond donors (Lipinski definition) is 3. The standard InChI is InChI=1S/C13H18N4O2S/c1-10-16-9-12(17-10)8-15-7-6-11-2-4-13(5-3-11)20(14,18)19/h2-5,9,15H,6-8H2,1H3,(H,16,17)(H2,14,18,19). The van der Waals surface area contributed by atoms with Crippen LogP contribution in [-0.4, -0.2) is 24.9 Å². The third-order valence-electron chi connectivity index (χ3n) is 2.91. The van der Waals surface area contributed by atoms with E-state index in [0.717, 1.165) is 36.6 Å². The second-order valence-corrected chi connectivity index (χ2v) is 6.17. The number of nitrogens with zero attached hydrogens (tertiary/aromatic N) is 1. The highest BCUT2D eigenvalue weighted by Gasteiger charge is 2.06. The first-order chi connectivity index (χ1) is 9.45. The summed E-state index contributed by atoms with van der Waals surface area (Å²) in [4.78, 5) is 7.41. The summed E-state index contributed by atoms with van der Waals surface area (Å²) in [6.45, 7) is 3.44. The van der Waals surface area contributed by atoms with Crippen LogP contribution < -0.4 is 10.5 Å². The maximum absolute atomic E-state index is 11.1. The van der Waals surface area contributed by atoms with Crippen molar-refractivity contribution in [1.82, 2.24) is 15.3 Å². The van der Waals surface area contributed by atoms with E-state index < -0.39 is 10.0 Å². The van der Waals surface area contributed by atoms with Gasteiger partial charge >= 0.3 is 0 Å². The summed E-state index contributed by atoms with van der Waals surface area (Å²) in [5.74, 6) is 0.903. The van der Waals surface area contributed by atoms with Gasteiger partial charge in [-0.25, -0.2) is 18.5 Å². The van der Waals surface area contributed by atoms with Crippen LogP contribution in [0.5, 0.6) is 0 Å². The lowest BCUT2D eigenvalue weighted by Gasteiger charge is -2.04. The van der Waals surface area contributed by atoms with E-state index in [4.69, 9.17) is 5.14 Å². The molecule has 1 aromatic heterocycles. The average Bonchev–Trinajstić information content (AvgIpc) is 2.80. The van der Waals surface area contributed by atoms with Crippen LogP contribution in [0, 0.1) is 6.92 Å². The maximum atomic E-state index is 11.1. The van der Waals surface area contributed by atoms with Gasteiger partial charge < -0.3 is 10.3 Å². The molecule has 0 aliphatic heterocycles. The lowest BCUT2D eigenvalue weighted by molar-refractivity contribution is 0.597. The van der Waals surface area contributed by atoms with Gasteiger partial charge in [0, 0.05) is 18.4 Å². The first-order valence-corrected chi connectivity index (χ1v) is 7.83. The van der Waals surface area contributed by atoms with Crippen molar-refractivity contribution in [3.63, 3.8) is 0 Å². The van der Waals surface area contributed by atoms with Gasteiger partial charge in [0.15, 0.2) is 0 Å². The van der Waals surface area contributed by atoms with Crippen LogP contribution in [-0.2, 0) is 23.0 Å². The normalized spacial score (nSPS) is 11.7. The van der Waals surface area contributed by atoms with Crippen molar-refractivity contribution >= 4 is 10.0 Å². The fourth-order valence-electron chi connectivity index (χ4n) is 1.86. The minimum absolute atomic E-state index is 0.141. The number of aromatic amines is 1. The molecule has 0 unspecified atom stereocenters. The molecule has 7 heteroatoms. The predicted octanol–water partition coefficient (Wildman–Crippen LogP) is 0.698. The van der Waals surface area contributed by atoms with Gasteiger partial charge in [-0.1, -0.05) is 12.1 Å². The number of hydrogen-bond acceptors (Lipinski definition) is 4. The second kappa shape index (κ2) is 6.17. The number of nitrogens with one attached hydrogen (secondary N) is 2. The summed E-state index contributed by atoms with van der Waals surface area (Å²) in [6, 6.07) is 6.62. The van der Waals surface area contributed by atoms with Crippen molar-refractivity contribution in [2.45, 2.75) is 24.8 Å². The van der Waals surface area contributed by atoms with Gasteiger partial charge in [0.1, 0.15) is 5.82 Å². The quantitative estimate of drug-likeness (QED) is 0.683. The largest absolute Gasteiger partial charge is 0.345 e. The SMILES string of the molecule is Cc1ncc(CNCCc2ccc(S(N)(=O)=O)cc2)[nH]1. The average molecular weight is 294 g/mol. The van der Waals surface area contributed by atoms with Gasteiger partial charge in [-0.05, 0) is 37.6 Å². The van der Waals surface area contributed by atoms with Crippen LogP contribution in [0.2, 0.25) is 0 Å². The Hall–Kier alpha value is -1.70. The molecular weight excluding hydrogens is 276 g/mol. The van der Waals surface area contributed by atoms with Crippen molar-refractivity contribution in [2.75, 3.05) is 6.54 Å². The molecule has 0 fully saturated rings. The molecular formula is C13H18N4O2S. The Morgan fingerprint density at radius 3 is 2.55 bits per heavy atom. The van der Waals surface area contributed by atoms with Crippen LogP contribution in [0.25, 0.3) is 0 Å². The fourth-order valence-corrected chi connectivity index (χ4v) is 2.38. The molecule has 1 heterocycles. The zero-order valence-corrected chi connectivity index (χ0v) is 12.1. The molecule has 1 aromatic carbocycles. The minimum Gasteiger partial charge on any atom is -0.345 e. The monoisotopic (exact) mass is 294 g/mol. The second-order valence-electron chi connectivity index (χ2n) is 4.61. The van der Waals surface area contributed by atoms with E-state index >= 15 is 0 Å². The minimum atomic E-state index is -3.61. The highest BCUT2D eigenvalue weighted by molar-refractivity contribution is 7.89. The number of sulfonamides is 1. The van der Waals surface area contributed by atoms with Crippen LogP contribution in [0.15, 0.2) is 35.4 Å². The molecule has 0 atom stereocenters. The van der Waals surface area contributed by atoms with Crippen LogP contribution in [0.4, 0.5) is 0 Å². The Morgan fingerprint density at radius 1 is 1.30 bits per heavy atom. The molecule has 0 amide bonds. The van der Waals surface area contributed by atoms with Gasteiger partial charge in [-0.2, -0.15) is 0 Å². The number of rotatable bonds is 6. The van der Waals surface area contributed by atoms with E-state index in [2.05, 4.69) is 15.3 Å². The Balaban J connectivity index is 1.80. The molecule has 0 aliphatic carbocycles. The zero-order valence-electron chi connectivity index (χ0n) is 11.3. The number of nitrogens with two attached hydrogens (primary N) is 1. The Bertz CT molecular complexity index is 662. The number of imidazole rings is 1. The fraction of sp³-hybridized carbons (Fsp3) is 0.308. The zero-order chi connectivity index (χ0) is 14.6. The summed E-state index contributed by atoms with van der Waals surface area (Å²) in [5, 5.41) is 8.34. The van der Waals surface area contributed by atoms with Crippen LogP contribution in [0.1, 0.15) is 17.1 Å². The molecule has 20 heavy (non-hydrogen) atoms. The summed E-state index contributed by atoms with van der Waals surface area (Å²) >= 11 is 0. The number of benzene rings is 1. The summed E-state index contributed by atoms with van der Waals surface area (Å²) in [7, 11) is -3.61. The molecule has 108 valence electrons. The van der Waals surface area contributed by atoms with E-state index in [1.165, 1.54) is 12.1 Å².